The molecule has 0 saturated heterocycles. The number of benzene rings is 9. The van der Waals surface area contributed by atoms with E-state index in [0.717, 1.165) is 70.3 Å². The molecule has 0 aromatic heterocycles. The van der Waals surface area contributed by atoms with Gasteiger partial charge in [-0.05, 0) is 192 Å². The van der Waals surface area contributed by atoms with E-state index in [0.29, 0.717) is 0 Å². The minimum atomic E-state index is -1.95. The van der Waals surface area contributed by atoms with Crippen molar-refractivity contribution in [1.82, 2.24) is 0 Å². The molecule has 0 amide bonds. The van der Waals surface area contributed by atoms with Gasteiger partial charge >= 0.3 is 0 Å². The molecule has 0 aliphatic heterocycles. The Hall–Kier alpha value is -4.86. The first-order valence-electron chi connectivity index (χ1n) is 20.7. The summed E-state index contributed by atoms with van der Waals surface area (Å²) in [5.41, 5.74) is 16.6. The predicted octanol–water partition coefficient (Wildman–Crippen LogP) is 19.9. The third kappa shape index (κ3) is 15.6. The SMILES string of the molecule is Brc1ccc(I)cc1.Brc1ccc(N(c2ccc(Br)cc2)c2ccc(N(c3ccccc3)c3ccccc3)cc2)cc1.C.Nc1ccc(N(c2ccccc2)c2ccccc2)cc1.[2H]P(F)P. The van der Waals surface area contributed by atoms with Gasteiger partial charge in [0.25, 0.3) is 0 Å². The first-order chi connectivity index (χ1) is 32.0. The van der Waals surface area contributed by atoms with Crippen LogP contribution in [0, 0.1) is 3.57 Å². The maximum atomic E-state index is 10.7. The summed E-state index contributed by atoms with van der Waals surface area (Å²) in [5, 5.41) is 0. The molecule has 0 aliphatic carbocycles. The number of hydrogen-bond acceptors (Lipinski definition) is 4. The Kier molecular flexibility index (Phi) is 21.2. The van der Waals surface area contributed by atoms with Crippen molar-refractivity contribution in [2.75, 3.05) is 20.4 Å². The summed E-state index contributed by atoms with van der Waals surface area (Å²) in [6, 6.07) is 83.2. The van der Waals surface area contributed by atoms with E-state index in [2.05, 4.69) is 243 Å². The molecule has 9 aromatic rings. The second kappa shape index (κ2) is 27.7. The summed E-state index contributed by atoms with van der Waals surface area (Å²) >= 11 is 12.7. The fraction of sp³-hybridized carbons (Fsp3) is 0.0182. The zero-order chi connectivity index (χ0) is 46.7. The average molecular weight is 1210 g/mol. The van der Waals surface area contributed by atoms with E-state index in [4.69, 9.17) is 7.01 Å². The molecule has 4 nitrogen and oxygen atoms in total. The van der Waals surface area contributed by atoms with Gasteiger partial charge in [-0.1, -0.05) is 137 Å². The third-order valence-electron chi connectivity index (χ3n) is 9.55. The molecule has 2 atom stereocenters. The normalized spacial score (nSPS) is 10.7. The number of rotatable bonds is 9. The topological polar surface area (TPSA) is 35.7 Å². The maximum absolute atomic E-state index is 10.7. The molecule has 9 aromatic carbocycles. The van der Waals surface area contributed by atoms with Crippen LogP contribution in [0.1, 0.15) is 7.43 Å². The molecule has 2 unspecified atom stereocenters. The fourth-order valence-electron chi connectivity index (χ4n) is 6.63. The van der Waals surface area contributed by atoms with Gasteiger partial charge in [0.2, 0.25) is 0 Å². The van der Waals surface area contributed by atoms with Crippen molar-refractivity contribution in [2.24, 2.45) is 0 Å². The van der Waals surface area contributed by atoms with Crippen molar-refractivity contribution in [2.45, 2.75) is 7.43 Å². The molecule has 334 valence electrons. The van der Waals surface area contributed by atoms with Crippen molar-refractivity contribution in [1.29, 1.82) is 1.28 Å². The minimum Gasteiger partial charge on any atom is -0.399 e. The van der Waals surface area contributed by atoms with Gasteiger partial charge in [-0.3, -0.25) is 0 Å². The summed E-state index contributed by atoms with van der Waals surface area (Å²) in [6.45, 7) is 0. The highest BCUT2D eigenvalue weighted by Crippen LogP contribution is 2.40. The quantitative estimate of drug-likeness (QED) is 0.0888. The van der Waals surface area contributed by atoms with Crippen molar-refractivity contribution in [3.8, 4) is 0 Å². The number of hydrogen-bond donors (Lipinski definition) is 1. The Bertz CT molecular complexity index is 2620. The van der Waals surface area contributed by atoms with Crippen LogP contribution in [-0.2, 0) is 0 Å². The van der Waals surface area contributed by atoms with Crippen LogP contribution < -0.4 is 20.4 Å². The van der Waals surface area contributed by atoms with E-state index >= 15 is 0 Å². The van der Waals surface area contributed by atoms with Gasteiger partial charge in [0.05, 0.1) is 9.80 Å². The molecule has 9 rings (SSSR count). The lowest BCUT2D eigenvalue weighted by Gasteiger charge is -2.28. The zero-order valence-electron chi connectivity index (χ0n) is 35.9. The maximum Gasteiger partial charge on any atom is 0.0986 e. The molecule has 0 aliphatic rings. The fourth-order valence-corrected chi connectivity index (χ4v) is 7.79. The molecule has 0 bridgehead atoms. The molecular formula is C55H49Br3FIN4P2. The molecule has 0 heterocycles. The van der Waals surface area contributed by atoms with Crippen molar-refractivity contribution in [3.63, 3.8) is 0 Å². The first kappa shape index (κ1) is 50.6. The number of para-hydroxylation sites is 4. The largest absolute Gasteiger partial charge is 0.399 e. The van der Waals surface area contributed by atoms with E-state index in [1.54, 1.807) is 8.93 Å². The molecule has 2 N–H and O–H groups in total. The standard InChI is InChI=1S/C30H22Br2N2.C18H16N2.C6H4BrI.CH4.FH3P2/c31-23-11-15-27(16-12-23)34(28-17-13-24(32)14-18-28)30-21-19-29(20-22-30)33(25-7-3-1-4-8-25)26-9-5-2-6-10-26;19-15-11-13-18(14-12-15)20(16-7-3-1-4-8-16)17-9-5-2-6-10-17;7-5-1-3-6(8)4-2-5;;1-3-2/h1-22H;1-14H,19H2;1-4H;1H4;3H,2H2/i;;;;3D. The Morgan fingerprint density at radius 1 is 0.379 bits per heavy atom. The van der Waals surface area contributed by atoms with Crippen molar-refractivity contribution < 1.29 is 4.20 Å². The molecule has 0 saturated carbocycles. The highest BCUT2D eigenvalue weighted by atomic mass is 127. The van der Waals surface area contributed by atoms with Gasteiger partial charge in [0.1, 0.15) is 0 Å². The van der Waals surface area contributed by atoms with Crippen LogP contribution in [0.3, 0.4) is 0 Å². The Morgan fingerprint density at radius 3 is 0.788 bits per heavy atom. The average Bonchev–Trinajstić information content (AvgIpc) is 3.34. The number of nitrogen functional groups attached to an aromatic ring is 1. The molecule has 0 fully saturated rings. The molecule has 11 heteroatoms. The molecule has 0 spiro atoms. The molecule has 0 radical (unpaired) electrons. The number of anilines is 10. The summed E-state index contributed by atoms with van der Waals surface area (Å²) in [6.07, 6.45) is 0. The van der Waals surface area contributed by atoms with Gasteiger partial charge in [-0.15, -0.1) is 0 Å². The monoisotopic (exact) mass is 1210 g/mol. The second-order valence-electron chi connectivity index (χ2n) is 13.9. The van der Waals surface area contributed by atoms with Crippen LogP contribution in [0.2, 0.25) is 0 Å². The highest BCUT2D eigenvalue weighted by Gasteiger charge is 2.16. The van der Waals surface area contributed by atoms with Crippen molar-refractivity contribution in [3.05, 3.63) is 260 Å². The predicted molar refractivity (Wildman–Crippen MR) is 309 cm³/mol. The van der Waals surface area contributed by atoms with Gasteiger partial charge in [0.15, 0.2) is 0 Å². The smallest absolute Gasteiger partial charge is 0.0986 e. The van der Waals surface area contributed by atoms with Gasteiger partial charge in [0, 0.05) is 73.9 Å². The second-order valence-corrected chi connectivity index (χ2v) is 18.7. The van der Waals surface area contributed by atoms with E-state index < -0.39 is 8.53 Å². The lowest BCUT2D eigenvalue weighted by Crippen LogP contribution is -2.12. The van der Waals surface area contributed by atoms with E-state index in [-0.39, 0.29) is 7.43 Å². The Balaban J connectivity index is 0.000000213. The summed E-state index contributed by atoms with van der Waals surface area (Å²) in [4.78, 5) is 6.74. The highest BCUT2D eigenvalue weighted by molar-refractivity contribution is 14.1. The van der Waals surface area contributed by atoms with Gasteiger partial charge in [-0.2, -0.15) is 0 Å². The Labute approximate surface area is 433 Å². The summed E-state index contributed by atoms with van der Waals surface area (Å²) in [5.74, 6) is 0. The van der Waals surface area contributed by atoms with Crippen molar-refractivity contribution >= 4 is 145 Å². The lowest BCUT2D eigenvalue weighted by molar-refractivity contribution is 0.936. The number of halogens is 5. The van der Waals surface area contributed by atoms with Gasteiger partial charge < -0.3 is 20.4 Å². The van der Waals surface area contributed by atoms with Crippen LogP contribution in [0.4, 0.5) is 61.1 Å². The summed E-state index contributed by atoms with van der Waals surface area (Å²) < 4.78 is 21.2. The lowest BCUT2D eigenvalue weighted by atomic mass is 10.1. The van der Waals surface area contributed by atoms with E-state index in [1.807, 2.05) is 84.9 Å². The van der Waals surface area contributed by atoms with E-state index in [1.165, 1.54) is 3.57 Å². The Morgan fingerprint density at radius 2 is 0.561 bits per heavy atom. The summed E-state index contributed by atoms with van der Waals surface area (Å²) in [7, 11) is -0.231. The molecular weight excluding hydrogens is 1160 g/mol. The van der Waals surface area contributed by atoms with Crippen LogP contribution >= 0.6 is 87.8 Å². The van der Waals surface area contributed by atoms with Gasteiger partial charge in [-0.25, -0.2) is 4.20 Å². The minimum absolute atomic E-state index is 0. The number of nitrogens with two attached hydrogens (primary N) is 1. The zero-order valence-corrected chi connectivity index (χ0v) is 43.9. The van der Waals surface area contributed by atoms with Crippen LogP contribution in [-0.4, -0.2) is 1.28 Å². The number of nitrogens with zero attached hydrogens (tertiary/aromatic N) is 3. The van der Waals surface area contributed by atoms with Crippen LogP contribution in [0.25, 0.3) is 0 Å². The van der Waals surface area contributed by atoms with Crippen LogP contribution in [0.5, 0.6) is 0 Å². The van der Waals surface area contributed by atoms with E-state index in [9.17, 15) is 4.20 Å². The van der Waals surface area contributed by atoms with Crippen LogP contribution in [0.15, 0.2) is 256 Å². The molecule has 66 heavy (non-hydrogen) atoms. The third-order valence-corrected chi connectivity index (χ3v) is 11.9. The first-order valence-corrected chi connectivity index (χ1v) is 26.1.